The van der Waals surface area contributed by atoms with Gasteiger partial charge in [-0.25, -0.2) is 8.78 Å². The molecule has 192 valence electrons. The van der Waals surface area contributed by atoms with Crippen molar-refractivity contribution in [1.29, 1.82) is 0 Å². The SMILES string of the molecule is Cc1nnc(C(C)C)n1C1CCN(CC[C@H](NC(=O)C2CCC(F)(F)CC2)c2ccccc2)CC1. The van der Waals surface area contributed by atoms with Crippen LogP contribution in [0.5, 0.6) is 0 Å². The second-order valence-corrected chi connectivity index (χ2v) is 10.6. The van der Waals surface area contributed by atoms with Gasteiger partial charge in [-0.1, -0.05) is 44.2 Å². The van der Waals surface area contributed by atoms with Gasteiger partial charge < -0.3 is 14.8 Å². The average Bonchev–Trinajstić information content (AvgIpc) is 3.24. The Labute approximate surface area is 207 Å². The van der Waals surface area contributed by atoms with Gasteiger partial charge in [-0.05, 0) is 44.6 Å². The van der Waals surface area contributed by atoms with E-state index in [9.17, 15) is 13.6 Å². The molecule has 2 heterocycles. The molecular formula is C27H39F2N5O. The number of halogens is 2. The Bertz CT molecular complexity index is 959. The van der Waals surface area contributed by atoms with Gasteiger partial charge in [0.15, 0.2) is 0 Å². The van der Waals surface area contributed by atoms with E-state index in [1.165, 1.54) is 0 Å². The summed E-state index contributed by atoms with van der Waals surface area (Å²) in [6, 6.07) is 10.3. The van der Waals surface area contributed by atoms with Gasteiger partial charge in [0.2, 0.25) is 11.8 Å². The minimum absolute atomic E-state index is 0.0858. The summed E-state index contributed by atoms with van der Waals surface area (Å²) in [6.45, 7) is 9.22. The van der Waals surface area contributed by atoms with Crippen LogP contribution in [-0.2, 0) is 4.79 Å². The lowest BCUT2D eigenvalue weighted by Gasteiger charge is -2.35. The van der Waals surface area contributed by atoms with Crippen molar-refractivity contribution < 1.29 is 13.6 Å². The fourth-order valence-corrected chi connectivity index (χ4v) is 5.54. The van der Waals surface area contributed by atoms with Gasteiger partial charge in [-0.15, -0.1) is 10.2 Å². The minimum atomic E-state index is -2.62. The number of hydrogen-bond donors (Lipinski definition) is 1. The van der Waals surface area contributed by atoms with E-state index in [1.807, 2.05) is 37.3 Å². The van der Waals surface area contributed by atoms with Crippen LogP contribution >= 0.6 is 0 Å². The molecule has 1 amide bonds. The number of nitrogens with zero attached hydrogens (tertiary/aromatic N) is 4. The fourth-order valence-electron chi connectivity index (χ4n) is 5.54. The zero-order valence-electron chi connectivity index (χ0n) is 21.2. The molecule has 1 N–H and O–H groups in total. The number of likely N-dealkylation sites (tertiary alicyclic amines) is 1. The van der Waals surface area contributed by atoms with Crippen molar-refractivity contribution in [3.8, 4) is 0 Å². The first-order valence-electron chi connectivity index (χ1n) is 13.1. The summed E-state index contributed by atoms with van der Waals surface area (Å²) in [4.78, 5) is 15.4. The summed E-state index contributed by atoms with van der Waals surface area (Å²) in [7, 11) is 0. The predicted octanol–water partition coefficient (Wildman–Crippen LogP) is 5.42. The maximum atomic E-state index is 13.6. The molecule has 8 heteroatoms. The largest absolute Gasteiger partial charge is 0.349 e. The highest BCUT2D eigenvalue weighted by Crippen LogP contribution is 2.36. The number of amides is 1. The molecule has 35 heavy (non-hydrogen) atoms. The van der Waals surface area contributed by atoms with E-state index in [4.69, 9.17) is 0 Å². The van der Waals surface area contributed by atoms with Crippen molar-refractivity contribution in [2.75, 3.05) is 19.6 Å². The van der Waals surface area contributed by atoms with Crippen molar-refractivity contribution in [1.82, 2.24) is 25.0 Å². The predicted molar refractivity (Wildman–Crippen MR) is 132 cm³/mol. The van der Waals surface area contributed by atoms with E-state index >= 15 is 0 Å². The Hall–Kier alpha value is -2.35. The summed E-state index contributed by atoms with van der Waals surface area (Å²) in [5, 5.41) is 11.9. The van der Waals surface area contributed by atoms with E-state index in [0.717, 1.165) is 56.1 Å². The topological polar surface area (TPSA) is 63.1 Å². The third kappa shape index (κ3) is 6.46. The number of alkyl halides is 2. The van der Waals surface area contributed by atoms with Crippen LogP contribution in [0.15, 0.2) is 30.3 Å². The normalized spacial score (nSPS) is 20.7. The minimum Gasteiger partial charge on any atom is -0.349 e. The smallest absolute Gasteiger partial charge is 0.248 e. The van der Waals surface area contributed by atoms with Crippen LogP contribution in [0.25, 0.3) is 0 Å². The molecule has 0 bridgehead atoms. The molecule has 6 nitrogen and oxygen atoms in total. The first kappa shape index (κ1) is 25.7. The second-order valence-electron chi connectivity index (χ2n) is 10.6. The van der Waals surface area contributed by atoms with Crippen LogP contribution in [0.2, 0.25) is 0 Å². The van der Waals surface area contributed by atoms with Crippen LogP contribution in [0, 0.1) is 12.8 Å². The number of aryl methyl sites for hydroxylation is 1. The number of aromatic nitrogens is 3. The highest BCUT2D eigenvalue weighted by molar-refractivity contribution is 5.79. The van der Waals surface area contributed by atoms with Crippen LogP contribution < -0.4 is 5.32 Å². The van der Waals surface area contributed by atoms with Gasteiger partial charge in [-0.3, -0.25) is 4.79 Å². The first-order valence-corrected chi connectivity index (χ1v) is 13.1. The van der Waals surface area contributed by atoms with Gasteiger partial charge in [0.1, 0.15) is 11.6 Å². The summed E-state index contributed by atoms with van der Waals surface area (Å²) >= 11 is 0. The van der Waals surface area contributed by atoms with Crippen molar-refractivity contribution in [2.24, 2.45) is 5.92 Å². The maximum Gasteiger partial charge on any atom is 0.248 e. The lowest BCUT2D eigenvalue weighted by Crippen LogP contribution is -2.40. The molecule has 1 saturated heterocycles. The van der Waals surface area contributed by atoms with E-state index in [1.54, 1.807) is 0 Å². The standard InChI is InChI=1S/C27H39F2N5O/c1-19(2)25-32-31-20(3)34(25)23-11-16-33(17-12-23)18-13-24(21-7-5-4-6-8-21)30-26(35)22-9-14-27(28,29)15-10-22/h4-8,19,22-24H,9-18H2,1-3H3,(H,30,35)/t24-/m0/s1. The molecular weight excluding hydrogens is 448 g/mol. The number of carbonyl (C=O) groups is 1. The molecule has 2 aromatic rings. The molecule has 1 aliphatic carbocycles. The molecule has 2 aliphatic rings. The Morgan fingerprint density at radius 1 is 1.09 bits per heavy atom. The Morgan fingerprint density at radius 3 is 2.37 bits per heavy atom. The molecule has 0 unspecified atom stereocenters. The monoisotopic (exact) mass is 487 g/mol. The molecule has 1 saturated carbocycles. The summed E-state index contributed by atoms with van der Waals surface area (Å²) in [5.74, 6) is -0.632. The van der Waals surface area contributed by atoms with Crippen molar-refractivity contribution in [3.05, 3.63) is 47.5 Å². The summed E-state index contributed by atoms with van der Waals surface area (Å²) in [5.41, 5.74) is 1.07. The van der Waals surface area contributed by atoms with Gasteiger partial charge in [-0.2, -0.15) is 0 Å². The van der Waals surface area contributed by atoms with Crippen LogP contribution in [0.3, 0.4) is 0 Å². The second kappa shape index (κ2) is 11.1. The van der Waals surface area contributed by atoms with E-state index in [2.05, 4.69) is 38.8 Å². The van der Waals surface area contributed by atoms with Crippen LogP contribution in [0.4, 0.5) is 8.78 Å². The molecule has 0 radical (unpaired) electrons. The van der Waals surface area contributed by atoms with Crippen LogP contribution in [0.1, 0.15) is 94.0 Å². The number of rotatable bonds is 8. The molecule has 4 rings (SSSR count). The quantitative estimate of drug-likeness (QED) is 0.540. The third-order valence-electron chi connectivity index (χ3n) is 7.67. The Kier molecular flexibility index (Phi) is 8.19. The van der Waals surface area contributed by atoms with Gasteiger partial charge in [0.25, 0.3) is 0 Å². The number of hydrogen-bond acceptors (Lipinski definition) is 4. The third-order valence-corrected chi connectivity index (χ3v) is 7.67. The zero-order chi connectivity index (χ0) is 25.0. The van der Waals surface area contributed by atoms with Crippen LogP contribution in [-0.4, -0.2) is 51.1 Å². The number of nitrogens with one attached hydrogen (secondary N) is 1. The molecule has 1 atom stereocenters. The summed E-state index contributed by atoms with van der Waals surface area (Å²) in [6.07, 6.45) is 3.03. The number of piperidine rings is 1. The van der Waals surface area contributed by atoms with Gasteiger partial charge in [0, 0.05) is 50.4 Å². The van der Waals surface area contributed by atoms with E-state index in [-0.39, 0.29) is 43.6 Å². The number of carbonyl (C=O) groups excluding carboxylic acids is 1. The van der Waals surface area contributed by atoms with Crippen molar-refractivity contribution >= 4 is 5.91 Å². The lowest BCUT2D eigenvalue weighted by atomic mass is 9.86. The number of benzene rings is 1. The maximum absolute atomic E-state index is 13.6. The molecule has 1 aliphatic heterocycles. The van der Waals surface area contributed by atoms with E-state index in [0.29, 0.717) is 12.0 Å². The Morgan fingerprint density at radius 2 is 1.74 bits per heavy atom. The molecule has 2 fully saturated rings. The first-order chi connectivity index (χ1) is 16.7. The highest BCUT2D eigenvalue weighted by Gasteiger charge is 2.38. The van der Waals surface area contributed by atoms with E-state index < -0.39 is 5.92 Å². The highest BCUT2D eigenvalue weighted by atomic mass is 19.3. The summed E-state index contributed by atoms with van der Waals surface area (Å²) < 4.78 is 29.4. The fraction of sp³-hybridized carbons (Fsp3) is 0.667. The molecule has 0 spiro atoms. The van der Waals surface area contributed by atoms with Gasteiger partial charge in [0.05, 0.1) is 6.04 Å². The zero-order valence-corrected chi connectivity index (χ0v) is 21.2. The lowest BCUT2D eigenvalue weighted by molar-refractivity contribution is -0.130. The van der Waals surface area contributed by atoms with Crippen molar-refractivity contribution in [3.63, 3.8) is 0 Å². The van der Waals surface area contributed by atoms with Gasteiger partial charge >= 0.3 is 0 Å². The Balaban J connectivity index is 1.33. The molecule has 1 aromatic heterocycles. The molecule has 1 aromatic carbocycles. The average molecular weight is 488 g/mol. The van der Waals surface area contributed by atoms with Crippen molar-refractivity contribution in [2.45, 2.75) is 89.6 Å².